The van der Waals surface area contributed by atoms with E-state index in [2.05, 4.69) is 4.98 Å². The Hall–Kier alpha value is -1.62. The molecule has 0 unspecified atom stereocenters. The molecule has 0 radical (unpaired) electrons. The van der Waals surface area contributed by atoms with Gasteiger partial charge in [0.15, 0.2) is 0 Å². The van der Waals surface area contributed by atoms with Gasteiger partial charge >= 0.3 is 5.97 Å². The number of hydrogen-bond donors (Lipinski definition) is 1. The Bertz CT molecular complexity index is 648. The van der Waals surface area contributed by atoms with E-state index in [4.69, 9.17) is 10.5 Å². The number of aryl methyl sites for hydroxylation is 2. The lowest BCUT2D eigenvalue weighted by atomic mass is 9.95. The number of carbonyl (C=O) groups is 1. The van der Waals surface area contributed by atoms with E-state index in [1.807, 2.05) is 6.92 Å². The summed E-state index contributed by atoms with van der Waals surface area (Å²) in [5.74, 6) is 0.0851. The molecule has 2 N–H and O–H groups in total. The molecule has 1 aliphatic carbocycles. The average molecular weight is 276 g/mol. The summed E-state index contributed by atoms with van der Waals surface area (Å²) in [5, 5.41) is 0.965. The number of nitrogens with zero attached hydrogens (tertiary/aromatic N) is 1. The zero-order valence-corrected chi connectivity index (χ0v) is 11.7. The Morgan fingerprint density at radius 3 is 3.05 bits per heavy atom. The number of fused-ring (bicyclic) bond motifs is 3. The van der Waals surface area contributed by atoms with Crippen LogP contribution in [0.15, 0.2) is 6.07 Å². The largest absolute Gasteiger partial charge is 0.462 e. The molecule has 0 saturated heterocycles. The molecule has 2 aromatic rings. The van der Waals surface area contributed by atoms with Crippen LogP contribution < -0.4 is 5.73 Å². The summed E-state index contributed by atoms with van der Waals surface area (Å²) in [5.41, 5.74) is 7.66. The van der Waals surface area contributed by atoms with Gasteiger partial charge in [0, 0.05) is 10.3 Å². The molecule has 1 aliphatic rings. The van der Waals surface area contributed by atoms with E-state index < -0.39 is 0 Å². The first kappa shape index (κ1) is 12.4. The van der Waals surface area contributed by atoms with Crippen LogP contribution in [0, 0.1) is 0 Å². The van der Waals surface area contributed by atoms with Crippen LogP contribution in [0.4, 0.5) is 5.82 Å². The number of rotatable bonds is 2. The second kappa shape index (κ2) is 4.81. The van der Waals surface area contributed by atoms with Gasteiger partial charge < -0.3 is 10.5 Å². The number of carbonyl (C=O) groups excluding carboxylic acids is 1. The molecule has 0 amide bonds. The smallest absolute Gasteiger partial charge is 0.338 e. The Balaban J connectivity index is 2.24. The van der Waals surface area contributed by atoms with Crippen molar-refractivity contribution in [3.63, 3.8) is 0 Å². The predicted octanol–water partition coefficient (Wildman–Crippen LogP) is 2.93. The zero-order chi connectivity index (χ0) is 13.4. The number of hydrogen-bond acceptors (Lipinski definition) is 5. The van der Waals surface area contributed by atoms with Crippen molar-refractivity contribution in [2.24, 2.45) is 0 Å². The van der Waals surface area contributed by atoms with E-state index in [1.54, 1.807) is 17.4 Å². The molecule has 0 aliphatic heterocycles. The summed E-state index contributed by atoms with van der Waals surface area (Å²) in [7, 11) is 0. The van der Waals surface area contributed by atoms with Gasteiger partial charge in [0.1, 0.15) is 10.6 Å². The lowest BCUT2D eigenvalue weighted by Crippen LogP contribution is -2.08. The third-order valence-electron chi connectivity index (χ3n) is 3.44. The summed E-state index contributed by atoms with van der Waals surface area (Å²) < 4.78 is 5.13. The van der Waals surface area contributed by atoms with Crippen LogP contribution in [0.1, 0.15) is 40.6 Å². The van der Waals surface area contributed by atoms with E-state index in [1.165, 1.54) is 23.3 Å². The third-order valence-corrected chi connectivity index (χ3v) is 4.63. The van der Waals surface area contributed by atoms with Crippen LogP contribution in [-0.2, 0) is 17.6 Å². The minimum atomic E-state index is -0.298. The second-order valence-corrected chi connectivity index (χ2v) is 5.79. The molecule has 5 heteroatoms. The van der Waals surface area contributed by atoms with E-state index in [-0.39, 0.29) is 5.97 Å². The van der Waals surface area contributed by atoms with Crippen molar-refractivity contribution < 1.29 is 9.53 Å². The van der Waals surface area contributed by atoms with Gasteiger partial charge in [-0.2, -0.15) is 0 Å². The van der Waals surface area contributed by atoms with E-state index in [9.17, 15) is 4.79 Å². The van der Waals surface area contributed by atoms with Crippen molar-refractivity contribution in [1.29, 1.82) is 0 Å². The number of pyridine rings is 1. The lowest BCUT2D eigenvalue weighted by molar-refractivity contribution is 0.0528. The number of esters is 1. The molecular weight excluding hydrogens is 260 g/mol. The Labute approximate surface area is 115 Å². The first-order chi connectivity index (χ1) is 9.20. The maximum Gasteiger partial charge on any atom is 0.338 e. The average Bonchev–Trinajstić information content (AvgIpc) is 2.75. The topological polar surface area (TPSA) is 65.2 Å². The van der Waals surface area contributed by atoms with Crippen LogP contribution in [0.2, 0.25) is 0 Å². The molecule has 2 aromatic heterocycles. The van der Waals surface area contributed by atoms with Gasteiger partial charge in [-0.3, -0.25) is 0 Å². The van der Waals surface area contributed by atoms with Gasteiger partial charge in [0.25, 0.3) is 0 Å². The number of nitrogen functional groups attached to an aromatic ring is 1. The van der Waals surface area contributed by atoms with Crippen molar-refractivity contribution in [2.75, 3.05) is 12.3 Å². The Morgan fingerprint density at radius 2 is 2.26 bits per heavy atom. The molecule has 4 nitrogen and oxygen atoms in total. The number of thiophene rings is 1. The maximum atomic E-state index is 12.1. The van der Waals surface area contributed by atoms with Gasteiger partial charge in [-0.15, -0.1) is 11.3 Å². The fourth-order valence-corrected chi connectivity index (χ4v) is 3.94. The van der Waals surface area contributed by atoms with E-state index in [0.717, 1.165) is 23.1 Å². The van der Waals surface area contributed by atoms with E-state index >= 15 is 0 Å². The minimum absolute atomic E-state index is 0.298. The highest BCUT2D eigenvalue weighted by atomic mass is 32.1. The standard InChI is InChI=1S/C14H16N2O2S/c1-2-18-14(17)9-7-11(15)16-13-12(9)8-5-3-4-6-10(8)19-13/h7H,2-6H2,1H3,(H2,15,16). The fraction of sp³-hybridized carbons (Fsp3) is 0.429. The van der Waals surface area contributed by atoms with Gasteiger partial charge in [-0.25, -0.2) is 9.78 Å². The summed E-state index contributed by atoms with van der Waals surface area (Å²) in [6.45, 7) is 2.18. The SMILES string of the molecule is CCOC(=O)c1cc(N)nc2sc3c(c12)CCCC3. The molecule has 19 heavy (non-hydrogen) atoms. The molecule has 0 bridgehead atoms. The molecule has 0 fully saturated rings. The highest BCUT2D eigenvalue weighted by molar-refractivity contribution is 7.19. The van der Waals surface area contributed by atoms with Crippen LogP contribution >= 0.6 is 11.3 Å². The summed E-state index contributed by atoms with van der Waals surface area (Å²) in [6, 6.07) is 1.64. The summed E-state index contributed by atoms with van der Waals surface area (Å²) in [4.78, 5) is 18.7. The fourth-order valence-electron chi connectivity index (χ4n) is 2.65. The normalized spacial score (nSPS) is 14.4. The van der Waals surface area contributed by atoms with Crippen molar-refractivity contribution >= 4 is 33.3 Å². The van der Waals surface area contributed by atoms with Gasteiger partial charge in [-0.05, 0) is 44.2 Å². The Kier molecular flexibility index (Phi) is 3.14. The minimum Gasteiger partial charge on any atom is -0.462 e. The van der Waals surface area contributed by atoms with Crippen molar-refractivity contribution in [2.45, 2.75) is 32.6 Å². The molecule has 100 valence electrons. The number of nitrogens with two attached hydrogens (primary N) is 1. The zero-order valence-electron chi connectivity index (χ0n) is 10.9. The summed E-state index contributed by atoms with van der Waals surface area (Å²) >= 11 is 1.66. The first-order valence-electron chi connectivity index (χ1n) is 6.58. The monoisotopic (exact) mass is 276 g/mol. The summed E-state index contributed by atoms with van der Waals surface area (Å²) in [6.07, 6.45) is 4.49. The predicted molar refractivity (Wildman–Crippen MR) is 76.6 cm³/mol. The molecule has 0 aromatic carbocycles. The van der Waals surface area contributed by atoms with Crippen molar-refractivity contribution in [3.05, 3.63) is 22.1 Å². The van der Waals surface area contributed by atoms with Crippen LogP contribution in [-0.4, -0.2) is 17.6 Å². The van der Waals surface area contributed by atoms with Crippen LogP contribution in [0.3, 0.4) is 0 Å². The number of ether oxygens (including phenoxy) is 1. The van der Waals surface area contributed by atoms with E-state index in [0.29, 0.717) is 18.0 Å². The van der Waals surface area contributed by atoms with Crippen LogP contribution in [0.5, 0.6) is 0 Å². The second-order valence-electron chi connectivity index (χ2n) is 4.71. The highest BCUT2D eigenvalue weighted by Gasteiger charge is 2.23. The third kappa shape index (κ3) is 2.08. The molecule has 0 saturated carbocycles. The molecule has 3 rings (SSSR count). The Morgan fingerprint density at radius 1 is 1.47 bits per heavy atom. The number of anilines is 1. The number of aromatic nitrogens is 1. The highest BCUT2D eigenvalue weighted by Crippen LogP contribution is 2.38. The molecule has 0 spiro atoms. The lowest BCUT2D eigenvalue weighted by Gasteiger charge is -2.12. The van der Waals surface area contributed by atoms with Crippen molar-refractivity contribution in [1.82, 2.24) is 4.98 Å². The van der Waals surface area contributed by atoms with Gasteiger partial charge in [0.05, 0.1) is 12.2 Å². The van der Waals surface area contributed by atoms with Crippen LogP contribution in [0.25, 0.3) is 10.2 Å². The first-order valence-corrected chi connectivity index (χ1v) is 7.40. The van der Waals surface area contributed by atoms with Crippen molar-refractivity contribution in [3.8, 4) is 0 Å². The molecule has 0 atom stereocenters. The van der Waals surface area contributed by atoms with Gasteiger partial charge in [0.2, 0.25) is 0 Å². The quantitative estimate of drug-likeness (QED) is 0.856. The maximum absolute atomic E-state index is 12.1. The molecule has 2 heterocycles. The van der Waals surface area contributed by atoms with Gasteiger partial charge in [-0.1, -0.05) is 0 Å². The molecular formula is C14H16N2O2S.